The summed E-state index contributed by atoms with van der Waals surface area (Å²) in [6.45, 7) is 0.854. The lowest BCUT2D eigenvalue weighted by Crippen LogP contribution is -2.57. The van der Waals surface area contributed by atoms with Crippen LogP contribution in [0.3, 0.4) is 0 Å². The minimum Gasteiger partial charge on any atom is -0.469 e. The molecule has 8 nitrogen and oxygen atoms in total. The molecule has 3 saturated heterocycles. The molecule has 3 aliphatic rings. The molecule has 172 valence electrons. The van der Waals surface area contributed by atoms with Crippen LogP contribution in [0.15, 0.2) is 30.3 Å². The van der Waals surface area contributed by atoms with Crippen molar-refractivity contribution in [1.82, 2.24) is 0 Å². The van der Waals surface area contributed by atoms with Crippen LogP contribution in [0.4, 0.5) is 0 Å². The number of rotatable bonds is 9. The molecule has 3 fully saturated rings. The summed E-state index contributed by atoms with van der Waals surface area (Å²) in [7, 11) is 2.94. The molecule has 1 unspecified atom stereocenters. The standard InChI is InChI=1S/C23H32O8/c1-26-18(24)13-16-9-6-10-17(29-16)19-20-21(27-2)22(25)23(30-19,31-20)11-12-28-14-15-7-4-3-5-8-15/h3-5,7-8,16-17,19-22,25H,6,9-14H2,1-2H3/t16-,17+,19+,20+,21-,22+,23?/m1/s1. The van der Waals surface area contributed by atoms with E-state index >= 15 is 0 Å². The van der Waals surface area contributed by atoms with E-state index in [0.717, 1.165) is 24.8 Å². The van der Waals surface area contributed by atoms with Crippen LogP contribution in [0, 0.1) is 0 Å². The summed E-state index contributed by atoms with van der Waals surface area (Å²) in [6, 6.07) is 9.91. The number of carbonyl (C=O) groups excluding carboxylic acids is 1. The molecule has 0 saturated carbocycles. The second kappa shape index (κ2) is 9.94. The fourth-order valence-corrected chi connectivity index (χ4v) is 4.83. The van der Waals surface area contributed by atoms with Crippen molar-refractivity contribution in [3.05, 3.63) is 35.9 Å². The molecule has 0 aliphatic carbocycles. The first kappa shape index (κ1) is 22.6. The Balaban J connectivity index is 1.37. The van der Waals surface area contributed by atoms with Gasteiger partial charge < -0.3 is 33.5 Å². The van der Waals surface area contributed by atoms with Gasteiger partial charge in [0.2, 0.25) is 0 Å². The van der Waals surface area contributed by atoms with Gasteiger partial charge in [-0.25, -0.2) is 0 Å². The topological polar surface area (TPSA) is 92.7 Å². The highest BCUT2D eigenvalue weighted by Gasteiger charge is 2.66. The van der Waals surface area contributed by atoms with E-state index in [0.29, 0.717) is 19.6 Å². The Morgan fingerprint density at radius 3 is 2.68 bits per heavy atom. The largest absolute Gasteiger partial charge is 0.469 e. The van der Waals surface area contributed by atoms with Gasteiger partial charge in [-0.05, 0) is 24.8 Å². The van der Waals surface area contributed by atoms with Crippen molar-refractivity contribution in [2.75, 3.05) is 20.8 Å². The molecule has 0 amide bonds. The van der Waals surface area contributed by atoms with Crippen LogP contribution in [0.1, 0.15) is 37.7 Å². The van der Waals surface area contributed by atoms with Crippen LogP contribution in [-0.4, -0.2) is 74.3 Å². The van der Waals surface area contributed by atoms with Crippen molar-refractivity contribution in [3.8, 4) is 0 Å². The Hall–Kier alpha value is -1.55. The van der Waals surface area contributed by atoms with Gasteiger partial charge in [-0.1, -0.05) is 30.3 Å². The number of aliphatic hydroxyl groups is 1. The number of hydrogen-bond acceptors (Lipinski definition) is 8. The molecule has 1 aromatic carbocycles. The second-order valence-electron chi connectivity index (χ2n) is 8.42. The van der Waals surface area contributed by atoms with Gasteiger partial charge in [0.1, 0.15) is 24.4 Å². The van der Waals surface area contributed by atoms with Gasteiger partial charge in [0.25, 0.3) is 0 Å². The summed E-state index contributed by atoms with van der Waals surface area (Å²) in [5, 5.41) is 10.8. The fraction of sp³-hybridized carbons (Fsp3) is 0.696. The van der Waals surface area contributed by atoms with E-state index in [2.05, 4.69) is 0 Å². The molecule has 7 atom stereocenters. The minimum absolute atomic E-state index is 0.204. The first-order valence-electron chi connectivity index (χ1n) is 11.0. The van der Waals surface area contributed by atoms with Gasteiger partial charge in [-0.15, -0.1) is 0 Å². The molecule has 1 N–H and O–H groups in total. The SMILES string of the molecule is COC(=O)C[C@H]1CCC[C@@H]([C@@H]2OC3(CCOCc4ccccc4)O[C@@H]2[C@@H](OC)[C@@H]3O)O1. The van der Waals surface area contributed by atoms with Crippen molar-refractivity contribution in [2.24, 2.45) is 0 Å². The Morgan fingerprint density at radius 2 is 1.94 bits per heavy atom. The molecule has 3 aliphatic heterocycles. The quantitative estimate of drug-likeness (QED) is 0.464. The summed E-state index contributed by atoms with van der Waals surface area (Å²) in [5.41, 5.74) is 1.08. The summed E-state index contributed by atoms with van der Waals surface area (Å²) < 4.78 is 34.8. The molecule has 1 aromatic rings. The number of esters is 1. The van der Waals surface area contributed by atoms with Crippen molar-refractivity contribution in [2.45, 2.75) is 81.1 Å². The highest BCUT2D eigenvalue weighted by atomic mass is 16.8. The number of carbonyl (C=O) groups is 1. The molecule has 4 rings (SSSR count). The zero-order valence-corrected chi connectivity index (χ0v) is 18.1. The Labute approximate surface area is 182 Å². The van der Waals surface area contributed by atoms with E-state index in [1.54, 1.807) is 7.11 Å². The summed E-state index contributed by atoms with van der Waals surface area (Å²) >= 11 is 0. The monoisotopic (exact) mass is 436 g/mol. The lowest BCUT2D eigenvalue weighted by Gasteiger charge is -2.40. The third-order valence-electron chi connectivity index (χ3n) is 6.43. The molecule has 8 heteroatoms. The van der Waals surface area contributed by atoms with Crippen molar-refractivity contribution in [1.29, 1.82) is 0 Å². The normalized spacial score (nSPS) is 37.1. The fourth-order valence-electron chi connectivity index (χ4n) is 4.83. The maximum Gasteiger partial charge on any atom is 0.308 e. The number of ether oxygens (including phenoxy) is 6. The Bertz CT molecular complexity index is 728. The maximum absolute atomic E-state index is 11.7. The summed E-state index contributed by atoms with van der Waals surface area (Å²) in [6.07, 6.45) is 0.479. The van der Waals surface area contributed by atoms with Crippen LogP contribution < -0.4 is 0 Å². The van der Waals surface area contributed by atoms with Crippen LogP contribution in [0.2, 0.25) is 0 Å². The van der Waals surface area contributed by atoms with E-state index in [9.17, 15) is 9.90 Å². The molecular weight excluding hydrogens is 404 g/mol. The number of benzene rings is 1. The third kappa shape index (κ3) is 4.79. The third-order valence-corrected chi connectivity index (χ3v) is 6.43. The number of fused-ring (bicyclic) bond motifs is 2. The molecule has 0 aromatic heterocycles. The lowest BCUT2D eigenvalue weighted by atomic mass is 9.90. The average Bonchev–Trinajstić information content (AvgIpc) is 3.30. The zero-order chi connectivity index (χ0) is 21.8. The smallest absolute Gasteiger partial charge is 0.308 e. The molecular formula is C23H32O8. The Kier molecular flexibility index (Phi) is 7.26. The summed E-state index contributed by atoms with van der Waals surface area (Å²) in [4.78, 5) is 11.7. The zero-order valence-electron chi connectivity index (χ0n) is 18.1. The van der Waals surface area contributed by atoms with Crippen LogP contribution in [-0.2, 0) is 39.8 Å². The van der Waals surface area contributed by atoms with Crippen molar-refractivity contribution >= 4 is 5.97 Å². The first-order valence-corrected chi connectivity index (χ1v) is 11.0. The maximum atomic E-state index is 11.7. The van der Waals surface area contributed by atoms with Gasteiger partial charge in [0.05, 0.1) is 39.0 Å². The average molecular weight is 437 g/mol. The molecule has 3 heterocycles. The molecule has 0 radical (unpaired) electrons. The van der Waals surface area contributed by atoms with E-state index in [1.165, 1.54) is 7.11 Å². The Morgan fingerprint density at radius 1 is 1.16 bits per heavy atom. The number of methoxy groups -OCH3 is 2. The van der Waals surface area contributed by atoms with E-state index < -0.39 is 24.1 Å². The van der Waals surface area contributed by atoms with Crippen LogP contribution in [0.25, 0.3) is 0 Å². The van der Waals surface area contributed by atoms with E-state index in [-0.39, 0.29) is 30.7 Å². The van der Waals surface area contributed by atoms with Crippen LogP contribution in [0.5, 0.6) is 0 Å². The lowest BCUT2D eigenvalue weighted by molar-refractivity contribution is -0.249. The minimum atomic E-state index is -1.18. The van der Waals surface area contributed by atoms with E-state index in [4.69, 9.17) is 28.4 Å². The molecule has 2 bridgehead atoms. The van der Waals surface area contributed by atoms with E-state index in [1.807, 2.05) is 30.3 Å². The predicted octanol–water partition coefficient (Wildman–Crippen LogP) is 1.96. The van der Waals surface area contributed by atoms with Gasteiger partial charge in [-0.2, -0.15) is 0 Å². The molecule has 0 spiro atoms. The van der Waals surface area contributed by atoms with Crippen molar-refractivity contribution < 1.29 is 38.3 Å². The first-order chi connectivity index (χ1) is 15.1. The van der Waals surface area contributed by atoms with Gasteiger partial charge in [0.15, 0.2) is 5.79 Å². The molecule has 31 heavy (non-hydrogen) atoms. The number of aliphatic hydroxyl groups excluding tert-OH is 1. The predicted molar refractivity (Wildman–Crippen MR) is 109 cm³/mol. The summed E-state index contributed by atoms with van der Waals surface area (Å²) in [5.74, 6) is -1.46. The van der Waals surface area contributed by atoms with Crippen molar-refractivity contribution in [3.63, 3.8) is 0 Å². The highest BCUT2D eigenvalue weighted by Crippen LogP contribution is 2.48. The van der Waals surface area contributed by atoms with Gasteiger partial charge >= 0.3 is 5.97 Å². The second-order valence-corrected chi connectivity index (χ2v) is 8.42. The number of hydrogen-bond donors (Lipinski definition) is 1. The highest BCUT2D eigenvalue weighted by molar-refractivity contribution is 5.69. The van der Waals surface area contributed by atoms with Gasteiger partial charge in [-0.3, -0.25) is 4.79 Å². The van der Waals surface area contributed by atoms with Gasteiger partial charge in [0, 0.05) is 13.5 Å². The van der Waals surface area contributed by atoms with Crippen LogP contribution >= 0.6 is 0 Å².